The molecule has 0 atom stereocenters. The molecule has 31 heavy (non-hydrogen) atoms. The molecule has 1 saturated heterocycles. The van der Waals surface area contributed by atoms with E-state index in [0.717, 1.165) is 52.8 Å². The van der Waals surface area contributed by atoms with E-state index in [-0.39, 0.29) is 0 Å². The van der Waals surface area contributed by atoms with Crippen molar-refractivity contribution in [1.29, 1.82) is 0 Å². The summed E-state index contributed by atoms with van der Waals surface area (Å²) in [7, 11) is 1.67. The van der Waals surface area contributed by atoms with Gasteiger partial charge in [0.2, 0.25) is 0 Å². The topological polar surface area (TPSA) is 59.8 Å². The first-order valence-electron chi connectivity index (χ1n) is 10.6. The van der Waals surface area contributed by atoms with Crippen LogP contribution >= 0.6 is 11.5 Å². The van der Waals surface area contributed by atoms with E-state index in [0.29, 0.717) is 11.6 Å². The van der Waals surface area contributed by atoms with Gasteiger partial charge >= 0.3 is 0 Å². The second kappa shape index (κ2) is 9.92. The molecule has 2 aromatic carbocycles. The first-order valence-corrected chi connectivity index (χ1v) is 11.4. The molecule has 7 heteroatoms. The number of hydrogen-bond donors (Lipinski definition) is 0. The molecule has 0 aliphatic carbocycles. The summed E-state index contributed by atoms with van der Waals surface area (Å²) in [4.78, 5) is 11.6. The maximum atomic E-state index is 6.07. The van der Waals surface area contributed by atoms with E-state index in [1.807, 2.05) is 43.6 Å². The summed E-state index contributed by atoms with van der Waals surface area (Å²) in [6.45, 7) is 6.28. The number of aliphatic imine (C=N–C) groups is 1. The zero-order valence-corrected chi connectivity index (χ0v) is 19.1. The fourth-order valence-electron chi connectivity index (χ4n) is 3.67. The zero-order valence-electron chi connectivity index (χ0n) is 18.3. The molecule has 0 saturated carbocycles. The minimum atomic E-state index is 0.539. The summed E-state index contributed by atoms with van der Waals surface area (Å²) < 4.78 is 15.9. The van der Waals surface area contributed by atoms with Crippen molar-refractivity contribution in [3.63, 3.8) is 0 Å². The van der Waals surface area contributed by atoms with Crippen molar-refractivity contribution in [3.8, 4) is 16.7 Å². The molecule has 0 amide bonds. The number of nitrogens with zero attached hydrogens (tertiary/aromatic N) is 4. The lowest BCUT2D eigenvalue weighted by molar-refractivity contribution is 0.351. The molecule has 4 rings (SSSR count). The van der Waals surface area contributed by atoms with E-state index in [1.165, 1.54) is 30.8 Å². The Hall–Kier alpha value is -2.93. The van der Waals surface area contributed by atoms with Crippen molar-refractivity contribution >= 4 is 23.6 Å². The van der Waals surface area contributed by atoms with Gasteiger partial charge in [-0.3, -0.25) is 0 Å². The predicted octanol–water partition coefficient (Wildman–Crippen LogP) is 5.69. The summed E-state index contributed by atoms with van der Waals surface area (Å²) in [6, 6.07) is 12.0. The number of piperidine rings is 1. The van der Waals surface area contributed by atoms with Crippen LogP contribution in [0, 0.1) is 13.8 Å². The van der Waals surface area contributed by atoms with Crippen LogP contribution < -0.4 is 9.47 Å². The average Bonchev–Trinajstić information content (AvgIpc) is 3.23. The number of aromatic nitrogens is 2. The van der Waals surface area contributed by atoms with Crippen molar-refractivity contribution in [1.82, 2.24) is 14.3 Å². The maximum absolute atomic E-state index is 6.07. The first-order chi connectivity index (χ1) is 15.1. The molecular weight excluding hydrogens is 408 g/mol. The van der Waals surface area contributed by atoms with E-state index < -0.39 is 0 Å². The van der Waals surface area contributed by atoms with Crippen molar-refractivity contribution in [2.75, 3.05) is 20.2 Å². The van der Waals surface area contributed by atoms with E-state index in [2.05, 4.69) is 27.2 Å². The SMILES string of the molecule is COc1ccccc1Cc1nsc(Oc2cc(C)c(/N=C\N3CCCCC3)cc2C)n1. The number of para-hydroxylation sites is 1. The van der Waals surface area contributed by atoms with Crippen molar-refractivity contribution < 1.29 is 9.47 Å². The minimum absolute atomic E-state index is 0.539. The molecule has 0 N–H and O–H groups in total. The monoisotopic (exact) mass is 436 g/mol. The quantitative estimate of drug-likeness (QED) is 0.352. The first kappa shape index (κ1) is 21.3. The van der Waals surface area contributed by atoms with Crippen LogP contribution in [0.5, 0.6) is 16.7 Å². The van der Waals surface area contributed by atoms with Crippen LogP contribution in [0.25, 0.3) is 0 Å². The van der Waals surface area contributed by atoms with E-state index in [9.17, 15) is 0 Å². The maximum Gasteiger partial charge on any atom is 0.298 e. The zero-order chi connectivity index (χ0) is 21.6. The van der Waals surface area contributed by atoms with Gasteiger partial charge in [-0.1, -0.05) is 18.2 Å². The Morgan fingerprint density at radius 2 is 1.87 bits per heavy atom. The molecule has 3 aromatic rings. The van der Waals surface area contributed by atoms with Gasteiger partial charge in [0, 0.05) is 36.6 Å². The van der Waals surface area contributed by atoms with Gasteiger partial charge in [0.05, 0.1) is 19.1 Å². The summed E-state index contributed by atoms with van der Waals surface area (Å²) in [5, 5.41) is 0.539. The van der Waals surface area contributed by atoms with Crippen LogP contribution in [0.15, 0.2) is 41.4 Å². The number of aryl methyl sites for hydroxylation is 2. The summed E-state index contributed by atoms with van der Waals surface area (Å²) in [6.07, 6.45) is 6.40. The third kappa shape index (κ3) is 5.41. The molecule has 1 aliphatic heterocycles. The molecule has 0 bridgehead atoms. The third-order valence-corrected chi connectivity index (χ3v) is 6.06. The Kier molecular flexibility index (Phi) is 6.82. The average molecular weight is 437 g/mol. The fraction of sp³-hybridized carbons (Fsp3) is 0.375. The molecule has 1 aliphatic rings. The highest BCUT2D eigenvalue weighted by Gasteiger charge is 2.13. The van der Waals surface area contributed by atoms with Gasteiger partial charge < -0.3 is 14.4 Å². The number of rotatable bonds is 7. The van der Waals surface area contributed by atoms with E-state index in [4.69, 9.17) is 14.5 Å². The standard InChI is InChI=1S/C24H28N4O2S/c1-17-14-22(18(2)13-20(17)25-16-28-11-7-4-8-12-28)30-24-26-23(27-31-24)15-19-9-5-6-10-21(19)29-3/h5-6,9-10,13-14,16H,4,7-8,11-12,15H2,1-3H3/b25-16-. The van der Waals surface area contributed by atoms with Gasteiger partial charge in [-0.05, 0) is 62.4 Å². The molecule has 0 spiro atoms. The summed E-state index contributed by atoms with van der Waals surface area (Å²) in [5.74, 6) is 2.35. The van der Waals surface area contributed by atoms with Crippen LogP contribution in [0.2, 0.25) is 0 Å². The van der Waals surface area contributed by atoms with Gasteiger partial charge in [-0.15, -0.1) is 0 Å². The smallest absolute Gasteiger partial charge is 0.298 e. The number of hydrogen-bond acceptors (Lipinski definition) is 6. The van der Waals surface area contributed by atoms with Gasteiger partial charge in [0.15, 0.2) is 5.82 Å². The van der Waals surface area contributed by atoms with Gasteiger partial charge in [-0.2, -0.15) is 9.36 Å². The van der Waals surface area contributed by atoms with Gasteiger partial charge in [-0.25, -0.2) is 4.99 Å². The number of likely N-dealkylation sites (tertiary alicyclic amines) is 1. The highest BCUT2D eigenvalue weighted by atomic mass is 32.1. The predicted molar refractivity (Wildman–Crippen MR) is 125 cm³/mol. The molecule has 2 heterocycles. The normalized spacial score (nSPS) is 14.2. The molecule has 0 radical (unpaired) electrons. The largest absolute Gasteiger partial charge is 0.496 e. The summed E-state index contributed by atoms with van der Waals surface area (Å²) in [5.41, 5.74) is 4.13. The molecule has 162 valence electrons. The van der Waals surface area contributed by atoms with E-state index in [1.54, 1.807) is 7.11 Å². The lowest BCUT2D eigenvalue weighted by Gasteiger charge is -2.23. The van der Waals surface area contributed by atoms with Crippen LogP contribution in [-0.2, 0) is 6.42 Å². The van der Waals surface area contributed by atoms with Gasteiger partial charge in [0.1, 0.15) is 11.5 Å². The highest BCUT2D eigenvalue weighted by molar-refractivity contribution is 7.07. The van der Waals surface area contributed by atoms with Crippen LogP contribution in [0.1, 0.15) is 41.8 Å². The van der Waals surface area contributed by atoms with Crippen molar-refractivity contribution in [2.45, 2.75) is 39.5 Å². The van der Waals surface area contributed by atoms with Gasteiger partial charge in [0.25, 0.3) is 5.19 Å². The number of methoxy groups -OCH3 is 1. The molecular formula is C24H28N4O2S. The fourth-order valence-corrected chi connectivity index (χ4v) is 4.23. The van der Waals surface area contributed by atoms with Crippen LogP contribution in [-0.4, -0.2) is 40.8 Å². The van der Waals surface area contributed by atoms with E-state index >= 15 is 0 Å². The third-order valence-electron chi connectivity index (χ3n) is 5.43. The Balaban J connectivity index is 1.45. The Morgan fingerprint density at radius 1 is 1.06 bits per heavy atom. The van der Waals surface area contributed by atoms with Crippen LogP contribution in [0.4, 0.5) is 5.69 Å². The van der Waals surface area contributed by atoms with Crippen molar-refractivity contribution in [2.24, 2.45) is 4.99 Å². The lowest BCUT2D eigenvalue weighted by Crippen LogP contribution is -2.28. The van der Waals surface area contributed by atoms with Crippen molar-refractivity contribution in [3.05, 3.63) is 58.9 Å². The Labute approximate surface area is 187 Å². The Morgan fingerprint density at radius 3 is 2.68 bits per heavy atom. The second-order valence-electron chi connectivity index (χ2n) is 7.81. The molecule has 1 fully saturated rings. The second-order valence-corrected chi connectivity index (χ2v) is 8.53. The molecule has 0 unspecified atom stereocenters. The molecule has 6 nitrogen and oxygen atoms in total. The van der Waals surface area contributed by atoms with Crippen LogP contribution in [0.3, 0.4) is 0 Å². The highest BCUT2D eigenvalue weighted by Crippen LogP contribution is 2.32. The summed E-state index contributed by atoms with van der Waals surface area (Å²) >= 11 is 1.26. The number of benzene rings is 2. The molecule has 1 aromatic heterocycles. The minimum Gasteiger partial charge on any atom is -0.496 e. The Bertz CT molecular complexity index is 1060. The number of ether oxygens (including phenoxy) is 2. The lowest BCUT2D eigenvalue weighted by atomic mass is 10.1.